The second kappa shape index (κ2) is 71.3. The van der Waals surface area contributed by atoms with E-state index in [1.54, 1.807) is 0 Å². The van der Waals surface area contributed by atoms with E-state index in [0.717, 1.165) is 89.9 Å². The second-order valence-corrected chi connectivity index (χ2v) is 24.5. The number of rotatable bonds is 67. The molecule has 482 valence electrons. The van der Waals surface area contributed by atoms with E-state index in [0.29, 0.717) is 19.3 Å². The van der Waals surface area contributed by atoms with Crippen LogP contribution in [0.5, 0.6) is 0 Å². The van der Waals surface area contributed by atoms with Crippen LogP contribution in [0.4, 0.5) is 0 Å². The molecule has 0 amide bonds. The fourth-order valence-electron chi connectivity index (χ4n) is 10.7. The smallest absolute Gasteiger partial charge is 0.306 e. The van der Waals surface area contributed by atoms with Gasteiger partial charge in [-0.2, -0.15) is 0 Å². The fraction of sp³-hybridized carbons (Fsp3) is 0.805. The molecule has 0 heterocycles. The van der Waals surface area contributed by atoms with Gasteiger partial charge in [0.1, 0.15) is 13.2 Å². The highest BCUT2D eigenvalue weighted by molar-refractivity contribution is 5.71. The average molecular weight is 1160 g/mol. The maximum atomic E-state index is 13.0. The van der Waals surface area contributed by atoms with Gasteiger partial charge in [-0.25, -0.2) is 0 Å². The molecule has 0 aromatic heterocycles. The standard InChI is InChI=1S/C77H138O6/c1-4-7-10-13-16-19-22-25-28-31-33-34-35-36-37-38-39-40-41-42-44-46-49-52-55-58-61-64-67-70-76(79)82-73-74(72-81-75(78)69-66-63-60-57-54-51-48-45-30-27-24-21-18-15-12-9-6-3)83-77(80)71-68-65-62-59-56-53-50-47-43-32-29-26-23-20-17-14-11-8-5-2/h9,12,18,21-22,25-27,29-31,33,74H,4-8,10-11,13-17,19-20,23-24,28,32,34-73H2,1-3H3/b12-9-,21-18-,25-22-,29-26-,30-27-,33-31-. The Kier molecular flexibility index (Phi) is 68.6. The molecule has 83 heavy (non-hydrogen) atoms. The van der Waals surface area contributed by atoms with Crippen LogP contribution in [0, 0.1) is 0 Å². The quantitative estimate of drug-likeness (QED) is 0.0261. The number of ether oxygens (including phenoxy) is 3. The molecule has 0 aliphatic heterocycles. The summed E-state index contributed by atoms with van der Waals surface area (Å²) in [5.41, 5.74) is 0. The van der Waals surface area contributed by atoms with Crippen molar-refractivity contribution in [2.45, 2.75) is 386 Å². The number of hydrogen-bond acceptors (Lipinski definition) is 6. The normalized spacial score (nSPS) is 12.5. The third-order valence-corrected chi connectivity index (χ3v) is 16.2. The number of carbonyl (C=O) groups is 3. The SMILES string of the molecule is CC/C=C\C/C=C\C/C=C\CCCCCCCCCC(=O)OCC(COC(=O)CCCCCCCCCCCCCCCCCCC/C=C\C/C=C\CCCCCCC)OC(=O)CCCCCCCCCCC/C=C\CCCCCCCC. The predicted molar refractivity (Wildman–Crippen MR) is 362 cm³/mol. The summed E-state index contributed by atoms with van der Waals surface area (Å²) in [6.07, 6.45) is 93.6. The Morgan fingerprint density at radius 2 is 0.470 bits per heavy atom. The second-order valence-electron chi connectivity index (χ2n) is 24.5. The van der Waals surface area contributed by atoms with Crippen LogP contribution < -0.4 is 0 Å². The Hall–Kier alpha value is -3.15. The summed E-state index contributed by atoms with van der Waals surface area (Å²) in [6, 6.07) is 0. The minimum absolute atomic E-state index is 0.0760. The predicted octanol–water partition coefficient (Wildman–Crippen LogP) is 25.2. The molecule has 1 unspecified atom stereocenters. The molecular weight excluding hydrogens is 1020 g/mol. The molecule has 0 N–H and O–H groups in total. The van der Waals surface area contributed by atoms with Gasteiger partial charge in [0.05, 0.1) is 0 Å². The molecule has 0 saturated heterocycles. The zero-order valence-electron chi connectivity index (χ0n) is 55.5. The summed E-state index contributed by atoms with van der Waals surface area (Å²) < 4.78 is 17.0. The lowest BCUT2D eigenvalue weighted by molar-refractivity contribution is -0.167. The number of allylic oxidation sites excluding steroid dienone is 12. The molecule has 0 aliphatic rings. The lowest BCUT2D eigenvalue weighted by Crippen LogP contribution is -2.30. The lowest BCUT2D eigenvalue weighted by Gasteiger charge is -2.18. The number of hydrogen-bond donors (Lipinski definition) is 0. The van der Waals surface area contributed by atoms with Crippen LogP contribution in [0.2, 0.25) is 0 Å². The summed E-state index contributed by atoms with van der Waals surface area (Å²) >= 11 is 0. The van der Waals surface area contributed by atoms with Gasteiger partial charge < -0.3 is 14.2 Å². The van der Waals surface area contributed by atoms with E-state index >= 15 is 0 Å². The van der Waals surface area contributed by atoms with Gasteiger partial charge in [-0.15, -0.1) is 0 Å². The van der Waals surface area contributed by atoms with Gasteiger partial charge in [-0.05, 0) is 109 Å². The molecule has 0 rings (SSSR count). The molecule has 0 saturated carbocycles. The topological polar surface area (TPSA) is 78.9 Å². The molecule has 0 aromatic carbocycles. The number of unbranched alkanes of at least 4 members (excludes halogenated alkanes) is 44. The van der Waals surface area contributed by atoms with Crippen molar-refractivity contribution in [3.63, 3.8) is 0 Å². The molecule has 0 aliphatic carbocycles. The van der Waals surface area contributed by atoms with E-state index in [1.165, 1.54) is 250 Å². The maximum absolute atomic E-state index is 13.0. The highest BCUT2D eigenvalue weighted by Crippen LogP contribution is 2.18. The summed E-state index contributed by atoms with van der Waals surface area (Å²) in [4.78, 5) is 38.5. The highest BCUT2D eigenvalue weighted by Gasteiger charge is 2.19. The van der Waals surface area contributed by atoms with Gasteiger partial charge in [0.2, 0.25) is 0 Å². The summed E-state index contributed by atoms with van der Waals surface area (Å²) in [7, 11) is 0. The van der Waals surface area contributed by atoms with Crippen molar-refractivity contribution in [1.29, 1.82) is 0 Å². The van der Waals surface area contributed by atoms with Crippen LogP contribution >= 0.6 is 0 Å². The van der Waals surface area contributed by atoms with Gasteiger partial charge in [0, 0.05) is 19.3 Å². The largest absolute Gasteiger partial charge is 0.462 e. The lowest BCUT2D eigenvalue weighted by atomic mass is 10.0. The Bertz CT molecular complexity index is 1520. The van der Waals surface area contributed by atoms with Crippen molar-refractivity contribution in [2.75, 3.05) is 13.2 Å². The Morgan fingerprint density at radius 3 is 0.747 bits per heavy atom. The first-order valence-corrected chi connectivity index (χ1v) is 36.4. The third kappa shape index (κ3) is 69.5. The first-order chi connectivity index (χ1) is 41.0. The molecule has 6 heteroatoms. The van der Waals surface area contributed by atoms with Crippen LogP contribution in [0.1, 0.15) is 380 Å². The van der Waals surface area contributed by atoms with Crippen LogP contribution in [-0.2, 0) is 28.6 Å². The van der Waals surface area contributed by atoms with Gasteiger partial charge in [0.15, 0.2) is 6.10 Å². The Morgan fingerprint density at radius 1 is 0.253 bits per heavy atom. The molecule has 0 spiro atoms. The van der Waals surface area contributed by atoms with E-state index in [9.17, 15) is 14.4 Å². The van der Waals surface area contributed by atoms with Crippen molar-refractivity contribution >= 4 is 17.9 Å². The van der Waals surface area contributed by atoms with E-state index in [4.69, 9.17) is 14.2 Å². The molecule has 0 bridgehead atoms. The third-order valence-electron chi connectivity index (χ3n) is 16.2. The maximum Gasteiger partial charge on any atom is 0.306 e. The minimum atomic E-state index is -0.782. The number of esters is 3. The summed E-state index contributed by atoms with van der Waals surface area (Å²) in [6.45, 7) is 6.57. The Labute approximate surface area is 516 Å². The van der Waals surface area contributed by atoms with E-state index in [2.05, 4.69) is 93.7 Å². The van der Waals surface area contributed by atoms with Gasteiger partial charge >= 0.3 is 17.9 Å². The first kappa shape index (κ1) is 79.8. The fourth-order valence-corrected chi connectivity index (χ4v) is 10.7. The molecule has 6 nitrogen and oxygen atoms in total. The first-order valence-electron chi connectivity index (χ1n) is 36.4. The molecule has 0 fully saturated rings. The zero-order valence-corrected chi connectivity index (χ0v) is 55.5. The van der Waals surface area contributed by atoms with Gasteiger partial charge in [-0.3, -0.25) is 14.4 Å². The van der Waals surface area contributed by atoms with Gasteiger partial charge in [0.25, 0.3) is 0 Å². The van der Waals surface area contributed by atoms with Crippen molar-refractivity contribution in [1.82, 2.24) is 0 Å². The summed E-state index contributed by atoms with van der Waals surface area (Å²) in [5, 5.41) is 0. The van der Waals surface area contributed by atoms with Crippen LogP contribution in [0.15, 0.2) is 72.9 Å². The average Bonchev–Trinajstić information content (AvgIpc) is 3.50. The van der Waals surface area contributed by atoms with Crippen molar-refractivity contribution < 1.29 is 28.6 Å². The molecular formula is C77H138O6. The van der Waals surface area contributed by atoms with Crippen LogP contribution in [-0.4, -0.2) is 37.2 Å². The Balaban J connectivity index is 4.27. The van der Waals surface area contributed by atoms with Crippen molar-refractivity contribution in [3.05, 3.63) is 72.9 Å². The van der Waals surface area contributed by atoms with E-state index in [1.807, 2.05) is 0 Å². The van der Waals surface area contributed by atoms with Crippen LogP contribution in [0.3, 0.4) is 0 Å². The number of carbonyl (C=O) groups excluding carboxylic acids is 3. The van der Waals surface area contributed by atoms with E-state index < -0.39 is 6.10 Å². The highest BCUT2D eigenvalue weighted by atomic mass is 16.6. The van der Waals surface area contributed by atoms with Crippen molar-refractivity contribution in [2.24, 2.45) is 0 Å². The van der Waals surface area contributed by atoms with Gasteiger partial charge in [-0.1, -0.05) is 325 Å². The van der Waals surface area contributed by atoms with Crippen molar-refractivity contribution in [3.8, 4) is 0 Å². The minimum Gasteiger partial charge on any atom is -0.462 e. The molecule has 1 atom stereocenters. The molecule has 0 radical (unpaired) electrons. The monoisotopic (exact) mass is 1160 g/mol. The summed E-state index contributed by atoms with van der Waals surface area (Å²) in [5.74, 6) is -0.865. The van der Waals surface area contributed by atoms with Crippen LogP contribution in [0.25, 0.3) is 0 Å². The van der Waals surface area contributed by atoms with E-state index in [-0.39, 0.29) is 31.1 Å². The molecule has 0 aromatic rings. The zero-order chi connectivity index (χ0) is 59.9.